The highest BCUT2D eigenvalue weighted by atomic mass is 16.5. The zero-order chi connectivity index (χ0) is 50.2. The van der Waals surface area contributed by atoms with Crippen molar-refractivity contribution in [1.29, 1.82) is 0 Å². The lowest BCUT2D eigenvalue weighted by atomic mass is 9.96. The molecule has 0 atom stereocenters. The Labute approximate surface area is 431 Å². The Morgan fingerprint density at radius 1 is 0.437 bits per heavy atom. The van der Waals surface area contributed by atoms with E-state index in [1.54, 1.807) is 0 Å². The number of esters is 2. The van der Waals surface area contributed by atoms with Crippen molar-refractivity contribution < 1.29 is 19.1 Å². The van der Waals surface area contributed by atoms with E-state index in [4.69, 9.17) is 19.7 Å². The molecule has 71 heavy (non-hydrogen) atoms. The van der Waals surface area contributed by atoms with E-state index in [0.717, 1.165) is 128 Å². The lowest BCUT2D eigenvalue weighted by molar-refractivity contribution is -0.146. The normalized spacial score (nSPS) is 11.9. The van der Waals surface area contributed by atoms with Gasteiger partial charge in [-0.05, 0) is 118 Å². The molecule has 0 spiro atoms. The largest absolute Gasteiger partial charge is 0.461 e. The van der Waals surface area contributed by atoms with E-state index in [1.165, 1.54) is 103 Å². The summed E-state index contributed by atoms with van der Waals surface area (Å²) in [5, 5.41) is 10.2. The summed E-state index contributed by atoms with van der Waals surface area (Å²) >= 11 is 0. The number of allylic oxidation sites excluding steroid dienone is 8. The molecule has 0 fully saturated rings. The Kier molecular flexibility index (Phi) is 31.8. The van der Waals surface area contributed by atoms with E-state index < -0.39 is 0 Å². The summed E-state index contributed by atoms with van der Waals surface area (Å²) in [5.74, 6) is -0.279. The number of aromatic nitrogens is 3. The predicted octanol–water partition coefficient (Wildman–Crippen LogP) is 18.8. The minimum absolute atomic E-state index is 0.139. The summed E-state index contributed by atoms with van der Waals surface area (Å²) < 4.78 is 11.5. The van der Waals surface area contributed by atoms with Gasteiger partial charge in [-0.3, -0.25) is 9.59 Å². The van der Waals surface area contributed by atoms with Gasteiger partial charge in [0.05, 0.1) is 6.54 Å². The van der Waals surface area contributed by atoms with Crippen LogP contribution in [0.4, 0.5) is 0 Å². The summed E-state index contributed by atoms with van der Waals surface area (Å²) in [5.41, 5.74) is 7.61. The molecule has 3 aromatic carbocycles. The van der Waals surface area contributed by atoms with Gasteiger partial charge in [0.1, 0.15) is 24.2 Å². The van der Waals surface area contributed by atoms with Crippen LogP contribution in [-0.2, 0) is 38.8 Å². The van der Waals surface area contributed by atoms with Gasteiger partial charge in [-0.15, -0.1) is 0 Å². The third-order valence-corrected chi connectivity index (χ3v) is 13.2. The van der Waals surface area contributed by atoms with Crippen molar-refractivity contribution in [2.45, 2.75) is 233 Å². The van der Waals surface area contributed by atoms with Crippen molar-refractivity contribution in [2.24, 2.45) is 0 Å². The molecule has 1 heterocycles. The summed E-state index contributed by atoms with van der Waals surface area (Å²) in [6, 6.07) is 20.8. The van der Waals surface area contributed by atoms with Gasteiger partial charge in [-0.2, -0.15) is 15.0 Å². The first kappa shape index (κ1) is 58.5. The average Bonchev–Trinajstić information content (AvgIpc) is 3.82. The molecule has 0 aliphatic heterocycles. The quantitative estimate of drug-likeness (QED) is 0.0250. The molecule has 0 aliphatic carbocycles. The lowest BCUT2D eigenvalue weighted by Crippen LogP contribution is -2.04. The second-order valence-electron chi connectivity index (χ2n) is 19.6. The fourth-order valence-electron chi connectivity index (χ4n) is 8.93. The van der Waals surface area contributed by atoms with E-state index in [9.17, 15) is 9.59 Å². The maximum absolute atomic E-state index is 12.8. The van der Waals surface area contributed by atoms with Gasteiger partial charge in [0, 0.05) is 24.0 Å². The van der Waals surface area contributed by atoms with Crippen LogP contribution in [0.1, 0.15) is 225 Å². The van der Waals surface area contributed by atoms with Crippen LogP contribution < -0.4 is 0 Å². The molecule has 0 aliphatic rings. The van der Waals surface area contributed by atoms with E-state index in [0.29, 0.717) is 12.8 Å². The highest BCUT2D eigenvalue weighted by Crippen LogP contribution is 2.35. The van der Waals surface area contributed by atoms with Crippen LogP contribution in [0.5, 0.6) is 0 Å². The number of hydrogen-bond donors (Lipinski definition) is 0. The molecular weight excluding hydrogens is 875 g/mol. The van der Waals surface area contributed by atoms with Crippen LogP contribution in [0.15, 0.2) is 109 Å². The van der Waals surface area contributed by atoms with Crippen LogP contribution >= 0.6 is 0 Å². The molecule has 7 heteroatoms. The molecule has 0 saturated carbocycles. The molecule has 0 saturated heterocycles. The molecular formula is C64H93N3O4. The molecule has 0 amide bonds. The highest BCUT2D eigenvalue weighted by Gasteiger charge is 2.17. The molecule has 4 rings (SSSR count). The fraction of sp³-hybridized carbons (Fsp3) is 0.562. The number of carbonyl (C=O) groups is 2. The zero-order valence-electron chi connectivity index (χ0n) is 44.7. The number of aryl methyl sites for hydroxylation is 1. The molecule has 0 unspecified atom stereocenters. The number of hydrogen-bond acceptors (Lipinski definition) is 6. The summed E-state index contributed by atoms with van der Waals surface area (Å²) in [6.45, 7) is 7.99. The monoisotopic (exact) mass is 968 g/mol. The van der Waals surface area contributed by atoms with Gasteiger partial charge >= 0.3 is 11.9 Å². The Bertz CT molecular complexity index is 2020. The highest BCUT2D eigenvalue weighted by molar-refractivity contribution is 6.00. The molecule has 7 nitrogen and oxygen atoms in total. The van der Waals surface area contributed by atoms with Gasteiger partial charge in [0.2, 0.25) is 0 Å². The first-order chi connectivity index (χ1) is 35.0. The molecule has 1 aromatic heterocycles. The minimum Gasteiger partial charge on any atom is -0.461 e. The van der Waals surface area contributed by atoms with Crippen molar-refractivity contribution in [3.05, 3.63) is 120 Å². The molecule has 0 N–H and O–H groups in total. The zero-order valence-corrected chi connectivity index (χ0v) is 44.7. The summed E-state index contributed by atoms with van der Waals surface area (Å²) in [7, 11) is 0. The third-order valence-electron chi connectivity index (χ3n) is 13.2. The topological polar surface area (TPSA) is 83.3 Å². The third kappa shape index (κ3) is 25.8. The van der Waals surface area contributed by atoms with E-state index in [2.05, 4.69) is 106 Å². The Hall–Kier alpha value is -5.04. The summed E-state index contributed by atoms with van der Waals surface area (Å²) in [4.78, 5) is 27.4. The number of ether oxygens (including phenoxy) is 2. The fourth-order valence-corrected chi connectivity index (χ4v) is 8.93. The van der Waals surface area contributed by atoms with Gasteiger partial charge < -0.3 is 9.47 Å². The van der Waals surface area contributed by atoms with Crippen molar-refractivity contribution in [2.75, 3.05) is 0 Å². The average molecular weight is 968 g/mol. The maximum Gasteiger partial charge on any atom is 0.306 e. The molecule has 0 bridgehead atoms. The van der Waals surface area contributed by atoms with E-state index in [1.807, 2.05) is 29.1 Å². The number of carbonyl (C=O) groups excluding carboxylic acids is 2. The van der Waals surface area contributed by atoms with Gasteiger partial charge in [0.15, 0.2) is 0 Å². The van der Waals surface area contributed by atoms with Crippen molar-refractivity contribution >= 4 is 23.0 Å². The van der Waals surface area contributed by atoms with E-state index in [-0.39, 0.29) is 25.2 Å². The van der Waals surface area contributed by atoms with Crippen LogP contribution in [0.2, 0.25) is 0 Å². The Morgan fingerprint density at radius 2 is 0.803 bits per heavy atom. The number of benzene rings is 3. The number of nitrogens with zero attached hydrogens (tertiary/aromatic N) is 3. The summed E-state index contributed by atoms with van der Waals surface area (Å²) in [6.07, 6.45) is 51.9. The van der Waals surface area contributed by atoms with Gasteiger partial charge in [-0.25, -0.2) is 0 Å². The van der Waals surface area contributed by atoms with Crippen molar-refractivity contribution in [3.63, 3.8) is 0 Å². The van der Waals surface area contributed by atoms with Crippen LogP contribution in [0.3, 0.4) is 0 Å². The molecule has 4 aromatic rings. The molecule has 0 radical (unpaired) electrons. The predicted molar refractivity (Wildman–Crippen MR) is 300 cm³/mol. The van der Waals surface area contributed by atoms with Crippen molar-refractivity contribution in [3.8, 4) is 22.3 Å². The van der Waals surface area contributed by atoms with Crippen LogP contribution in [0, 0.1) is 0 Å². The van der Waals surface area contributed by atoms with E-state index >= 15 is 0 Å². The second-order valence-corrected chi connectivity index (χ2v) is 19.6. The Morgan fingerprint density at radius 3 is 1.24 bits per heavy atom. The maximum atomic E-state index is 12.8. The van der Waals surface area contributed by atoms with Gasteiger partial charge in [-0.1, -0.05) is 214 Å². The smallest absolute Gasteiger partial charge is 0.306 e. The number of unbranched alkanes of at least 4 members (excludes halogenated alkanes) is 21. The van der Waals surface area contributed by atoms with Gasteiger partial charge in [0.25, 0.3) is 0 Å². The number of fused-ring (bicyclic) bond motifs is 1. The Balaban J connectivity index is 1.26. The lowest BCUT2D eigenvalue weighted by Gasteiger charge is -2.10. The standard InChI is InChI=1S/C64H93N3O4/c1-4-7-10-13-16-18-20-22-24-26-28-30-32-34-37-46-61(68)70-53-55-42-40-44-57(51-55)59-48-49-60(64-63(59)65-67(66-64)50-39-36-15-12-9-6-3)58-45-41-43-56(52-58)54-71-62(69)47-38-35-33-31-29-27-25-23-21-19-17-14-11-8-5-2/h16-19,22-25,40-45,48-49,51-52H,4-15,20-21,26-39,46-47,50,53-54H2,1-3H3/b18-16-,19-17-,24-22-,25-23-. The molecule has 388 valence electrons. The van der Waals surface area contributed by atoms with Crippen LogP contribution in [-0.4, -0.2) is 26.9 Å². The second kappa shape index (κ2) is 38.6. The first-order valence-corrected chi connectivity index (χ1v) is 28.5. The van der Waals surface area contributed by atoms with Crippen molar-refractivity contribution in [1.82, 2.24) is 15.0 Å². The minimum atomic E-state index is -0.139. The van der Waals surface area contributed by atoms with Crippen LogP contribution in [0.25, 0.3) is 33.3 Å². The SMILES string of the molecule is CCCCC/C=C\C/C=C\CCCCCCCC(=O)OCc1cccc(-c2ccc(-c3cccc(COC(=O)CCCCCCC/C=C\C/C=C\CCCCC)c3)c3nn(CCCCCCCC)nc23)c1. The number of rotatable bonds is 41. The first-order valence-electron chi connectivity index (χ1n) is 28.5.